The number of hydrogen-bond acceptors (Lipinski definition) is 5. The van der Waals surface area contributed by atoms with Crippen LogP contribution >= 0.6 is 0 Å². The number of hydrogen-bond donors (Lipinski definition) is 2. The van der Waals surface area contributed by atoms with Gasteiger partial charge in [-0.05, 0) is 55.3 Å². The highest BCUT2D eigenvalue weighted by Gasteiger charge is 2.33. The van der Waals surface area contributed by atoms with Crippen LogP contribution in [0, 0.1) is 0 Å². The first-order valence-electron chi connectivity index (χ1n) is 13.5. The number of nitrogens with zero attached hydrogens (tertiary/aromatic N) is 3. The van der Waals surface area contributed by atoms with Crippen molar-refractivity contribution in [2.24, 2.45) is 0 Å². The fourth-order valence-electron chi connectivity index (χ4n) is 5.35. The molecule has 11 heteroatoms. The maximum atomic E-state index is 13.6. The summed E-state index contributed by atoms with van der Waals surface area (Å²) in [5.41, 5.74) is 1.24. The Labute approximate surface area is 236 Å². The van der Waals surface area contributed by atoms with E-state index in [1.54, 1.807) is 30.2 Å². The van der Waals surface area contributed by atoms with Gasteiger partial charge in [-0.1, -0.05) is 24.3 Å². The van der Waals surface area contributed by atoms with Gasteiger partial charge in [-0.2, -0.15) is 13.2 Å². The number of halogens is 3. The summed E-state index contributed by atoms with van der Waals surface area (Å²) in [5, 5.41) is 4.88. The van der Waals surface area contributed by atoms with E-state index >= 15 is 0 Å². The lowest BCUT2D eigenvalue weighted by Gasteiger charge is -2.38. The molecule has 0 aliphatic carbocycles. The summed E-state index contributed by atoms with van der Waals surface area (Å²) in [4.78, 5) is 32.5. The molecule has 41 heavy (non-hydrogen) atoms. The van der Waals surface area contributed by atoms with Crippen LogP contribution in [0.25, 0.3) is 0 Å². The number of carbonyl (C=O) groups excluding carboxylic acids is 2. The van der Waals surface area contributed by atoms with Crippen molar-refractivity contribution >= 4 is 34.7 Å². The first-order chi connectivity index (χ1) is 19.7. The van der Waals surface area contributed by atoms with Crippen molar-refractivity contribution in [3.05, 3.63) is 77.9 Å². The normalized spacial score (nSPS) is 15.6. The topological polar surface area (TPSA) is 77.1 Å². The highest BCUT2D eigenvalue weighted by molar-refractivity contribution is 6.04. The molecule has 0 bridgehead atoms. The monoisotopic (exact) mass is 567 g/mol. The summed E-state index contributed by atoms with van der Waals surface area (Å²) in [7, 11) is 1.65. The minimum atomic E-state index is -4.61. The zero-order valence-electron chi connectivity index (χ0n) is 22.7. The number of nitrogens with one attached hydrogen (secondary N) is 2. The summed E-state index contributed by atoms with van der Waals surface area (Å²) in [6.07, 6.45) is -2.76. The highest BCUT2D eigenvalue weighted by Crippen LogP contribution is 2.35. The predicted octanol–water partition coefficient (Wildman–Crippen LogP) is 5.92. The molecule has 2 aliphatic rings. The van der Waals surface area contributed by atoms with Gasteiger partial charge in [-0.25, -0.2) is 4.79 Å². The van der Waals surface area contributed by atoms with E-state index in [1.807, 2.05) is 24.3 Å². The fraction of sp³-hybridized carbons (Fsp3) is 0.333. The zero-order valence-corrected chi connectivity index (χ0v) is 22.7. The average Bonchev–Trinajstić information content (AvgIpc) is 3.52. The standard InChI is InChI=1S/C30H32F3N5O3/c1-41-27-11-5-4-10-26(27)37-18-16-36(17-19-37)25-13-12-21(20-22(25)28(39)38-14-6-7-15-38)34-29(40)35-24-9-3-2-8-23(24)30(31,32)33/h2-5,8-13,20H,6-7,14-19H2,1H3,(H2,34,35,40). The lowest BCUT2D eigenvalue weighted by atomic mass is 10.1. The smallest absolute Gasteiger partial charge is 0.418 e. The van der Waals surface area contributed by atoms with E-state index < -0.39 is 17.8 Å². The molecule has 0 atom stereocenters. The first kappa shape index (κ1) is 28.1. The van der Waals surface area contributed by atoms with Gasteiger partial charge in [0.05, 0.1) is 29.6 Å². The summed E-state index contributed by atoms with van der Waals surface area (Å²) in [6, 6.07) is 16.9. The van der Waals surface area contributed by atoms with Gasteiger partial charge in [0, 0.05) is 50.6 Å². The third kappa shape index (κ3) is 6.34. The molecule has 0 spiro atoms. The van der Waals surface area contributed by atoms with Crippen molar-refractivity contribution in [3.63, 3.8) is 0 Å². The van der Waals surface area contributed by atoms with Crippen molar-refractivity contribution in [3.8, 4) is 5.75 Å². The average molecular weight is 568 g/mol. The summed E-state index contributed by atoms with van der Waals surface area (Å²) in [5.74, 6) is 0.675. The molecule has 2 fully saturated rings. The SMILES string of the molecule is COc1ccccc1N1CCN(c2ccc(NC(=O)Nc3ccccc3C(F)(F)F)cc2C(=O)N2CCCC2)CC1. The molecule has 2 saturated heterocycles. The number of urea groups is 1. The third-order valence-electron chi connectivity index (χ3n) is 7.40. The molecule has 3 aromatic carbocycles. The summed E-state index contributed by atoms with van der Waals surface area (Å²) < 4.78 is 45.6. The van der Waals surface area contributed by atoms with Crippen molar-refractivity contribution < 1.29 is 27.5 Å². The Morgan fingerprint density at radius 3 is 2.10 bits per heavy atom. The molecule has 3 amide bonds. The number of para-hydroxylation sites is 3. The van der Waals surface area contributed by atoms with Crippen LogP contribution in [0.4, 0.5) is 40.7 Å². The van der Waals surface area contributed by atoms with Gasteiger partial charge in [-0.3, -0.25) is 4.79 Å². The number of likely N-dealkylation sites (tertiary alicyclic amines) is 1. The maximum Gasteiger partial charge on any atom is 0.418 e. The molecule has 216 valence electrons. The van der Waals surface area contributed by atoms with Crippen LogP contribution in [0.1, 0.15) is 28.8 Å². The molecule has 8 nitrogen and oxygen atoms in total. The Balaban J connectivity index is 1.35. The number of rotatable bonds is 6. The fourth-order valence-corrected chi connectivity index (χ4v) is 5.35. The van der Waals surface area contributed by atoms with Gasteiger partial charge in [0.2, 0.25) is 0 Å². The van der Waals surface area contributed by atoms with Crippen LogP contribution in [-0.4, -0.2) is 63.2 Å². The van der Waals surface area contributed by atoms with E-state index in [0.29, 0.717) is 37.4 Å². The highest BCUT2D eigenvalue weighted by atomic mass is 19.4. The van der Waals surface area contributed by atoms with Gasteiger partial charge >= 0.3 is 12.2 Å². The van der Waals surface area contributed by atoms with Crippen LogP contribution in [0.5, 0.6) is 5.75 Å². The molecular formula is C30H32F3N5O3. The number of benzene rings is 3. The second-order valence-electron chi connectivity index (χ2n) is 10.00. The Hall–Kier alpha value is -4.41. The van der Waals surface area contributed by atoms with Crippen molar-refractivity contribution in [2.75, 3.05) is 66.8 Å². The predicted molar refractivity (Wildman–Crippen MR) is 153 cm³/mol. The second-order valence-corrected chi connectivity index (χ2v) is 10.00. The zero-order chi connectivity index (χ0) is 29.0. The quantitative estimate of drug-likeness (QED) is 0.387. The number of ether oxygens (including phenoxy) is 1. The Morgan fingerprint density at radius 1 is 0.780 bits per heavy atom. The van der Waals surface area contributed by atoms with Gasteiger partial charge in [0.1, 0.15) is 5.75 Å². The number of methoxy groups -OCH3 is 1. The largest absolute Gasteiger partial charge is 0.495 e. The number of amides is 3. The molecule has 0 radical (unpaired) electrons. The third-order valence-corrected chi connectivity index (χ3v) is 7.40. The molecule has 2 N–H and O–H groups in total. The van der Waals surface area contributed by atoms with Crippen LogP contribution in [0.3, 0.4) is 0 Å². The van der Waals surface area contributed by atoms with Crippen molar-refractivity contribution in [1.82, 2.24) is 4.90 Å². The van der Waals surface area contributed by atoms with E-state index in [9.17, 15) is 22.8 Å². The van der Waals surface area contributed by atoms with Crippen LogP contribution in [0.2, 0.25) is 0 Å². The van der Waals surface area contributed by atoms with Crippen LogP contribution < -0.4 is 25.2 Å². The Morgan fingerprint density at radius 2 is 1.41 bits per heavy atom. The van der Waals surface area contributed by atoms with Crippen LogP contribution in [-0.2, 0) is 6.18 Å². The molecule has 0 unspecified atom stereocenters. The van der Waals surface area contributed by atoms with E-state index in [2.05, 4.69) is 20.4 Å². The number of piperazine rings is 1. The molecule has 5 rings (SSSR count). The lowest BCUT2D eigenvalue weighted by molar-refractivity contribution is -0.136. The summed E-state index contributed by atoms with van der Waals surface area (Å²) >= 11 is 0. The van der Waals surface area contributed by atoms with E-state index in [0.717, 1.165) is 49.1 Å². The molecule has 2 aliphatic heterocycles. The minimum absolute atomic E-state index is 0.129. The van der Waals surface area contributed by atoms with Crippen molar-refractivity contribution in [2.45, 2.75) is 19.0 Å². The lowest BCUT2D eigenvalue weighted by Crippen LogP contribution is -2.47. The van der Waals surface area contributed by atoms with E-state index in [-0.39, 0.29) is 11.6 Å². The Bertz CT molecular complexity index is 1400. The van der Waals surface area contributed by atoms with Gasteiger partial charge in [0.15, 0.2) is 0 Å². The molecule has 0 saturated carbocycles. The summed E-state index contributed by atoms with van der Waals surface area (Å²) in [6.45, 7) is 4.09. The molecule has 2 heterocycles. The van der Waals surface area contributed by atoms with Crippen molar-refractivity contribution in [1.29, 1.82) is 0 Å². The Kier molecular flexibility index (Phi) is 8.23. The number of anilines is 4. The van der Waals surface area contributed by atoms with E-state index in [1.165, 1.54) is 18.2 Å². The first-order valence-corrected chi connectivity index (χ1v) is 13.5. The van der Waals surface area contributed by atoms with E-state index in [4.69, 9.17) is 4.74 Å². The maximum absolute atomic E-state index is 13.6. The number of carbonyl (C=O) groups is 2. The molecule has 0 aromatic heterocycles. The van der Waals surface area contributed by atoms with Crippen LogP contribution in [0.15, 0.2) is 66.7 Å². The molecular weight excluding hydrogens is 535 g/mol. The molecule has 3 aromatic rings. The van der Waals surface area contributed by atoms with Gasteiger partial charge in [0.25, 0.3) is 5.91 Å². The van der Waals surface area contributed by atoms with Gasteiger partial charge in [-0.15, -0.1) is 0 Å². The number of alkyl halides is 3. The second kappa shape index (κ2) is 12.0. The minimum Gasteiger partial charge on any atom is -0.495 e. The van der Waals surface area contributed by atoms with Gasteiger partial charge < -0.3 is 30.1 Å².